The molecule has 1 aliphatic carbocycles. The standard InChI is InChI=1S/C16H21F3O2/c1-21-14-6-4-12(5-7-14)8-10-15(20)9-2-3-13(11-15)16(17,18)19/h4-7,13,20H,2-3,8-11H2,1H3. The maximum Gasteiger partial charge on any atom is 0.391 e. The van der Waals surface area contributed by atoms with Crippen LogP contribution in [0.2, 0.25) is 0 Å². The number of ether oxygens (including phenoxy) is 1. The third-order valence-corrected chi connectivity index (χ3v) is 4.32. The summed E-state index contributed by atoms with van der Waals surface area (Å²) >= 11 is 0. The van der Waals surface area contributed by atoms with Crippen molar-refractivity contribution in [1.82, 2.24) is 0 Å². The minimum absolute atomic E-state index is 0.133. The second kappa shape index (κ2) is 6.26. The molecule has 2 unspecified atom stereocenters. The Hall–Kier alpha value is -1.23. The summed E-state index contributed by atoms with van der Waals surface area (Å²) < 4.78 is 43.5. The van der Waals surface area contributed by atoms with Gasteiger partial charge >= 0.3 is 6.18 Å². The van der Waals surface area contributed by atoms with Crippen molar-refractivity contribution in [2.45, 2.75) is 50.3 Å². The van der Waals surface area contributed by atoms with Crippen molar-refractivity contribution >= 4 is 0 Å². The summed E-state index contributed by atoms with van der Waals surface area (Å²) in [5.41, 5.74) is -0.198. The lowest BCUT2D eigenvalue weighted by atomic mass is 9.75. The Labute approximate surface area is 122 Å². The second-order valence-electron chi connectivity index (χ2n) is 5.91. The van der Waals surface area contributed by atoms with E-state index < -0.39 is 17.7 Å². The summed E-state index contributed by atoms with van der Waals surface area (Å²) in [4.78, 5) is 0. The lowest BCUT2D eigenvalue weighted by Crippen LogP contribution is -2.40. The molecule has 2 rings (SSSR count). The van der Waals surface area contributed by atoms with Gasteiger partial charge in [-0.3, -0.25) is 0 Å². The van der Waals surface area contributed by atoms with Crippen LogP contribution >= 0.6 is 0 Å². The average Bonchev–Trinajstić information content (AvgIpc) is 2.45. The van der Waals surface area contributed by atoms with E-state index >= 15 is 0 Å². The second-order valence-corrected chi connectivity index (χ2v) is 5.91. The van der Waals surface area contributed by atoms with Crippen LogP contribution in [0.3, 0.4) is 0 Å². The van der Waals surface area contributed by atoms with E-state index in [1.54, 1.807) is 7.11 Å². The van der Waals surface area contributed by atoms with Crippen LogP contribution < -0.4 is 4.74 Å². The van der Waals surface area contributed by atoms with E-state index in [0.717, 1.165) is 11.3 Å². The highest BCUT2D eigenvalue weighted by Gasteiger charge is 2.46. The van der Waals surface area contributed by atoms with Crippen molar-refractivity contribution < 1.29 is 23.0 Å². The molecule has 1 N–H and O–H groups in total. The van der Waals surface area contributed by atoms with Crippen LogP contribution in [0.15, 0.2) is 24.3 Å². The van der Waals surface area contributed by atoms with Gasteiger partial charge < -0.3 is 9.84 Å². The maximum absolute atomic E-state index is 12.8. The van der Waals surface area contributed by atoms with Crippen LogP contribution in [0.1, 0.15) is 37.7 Å². The topological polar surface area (TPSA) is 29.5 Å². The third-order valence-electron chi connectivity index (χ3n) is 4.32. The fraction of sp³-hybridized carbons (Fsp3) is 0.625. The first kappa shape index (κ1) is 16.1. The Morgan fingerprint density at radius 1 is 1.29 bits per heavy atom. The molecule has 0 radical (unpaired) electrons. The lowest BCUT2D eigenvalue weighted by Gasteiger charge is -2.37. The van der Waals surface area contributed by atoms with E-state index in [9.17, 15) is 18.3 Å². The number of rotatable bonds is 4. The van der Waals surface area contributed by atoms with Crippen LogP contribution in [0.5, 0.6) is 5.75 Å². The summed E-state index contributed by atoms with van der Waals surface area (Å²) in [6.45, 7) is 0. The Balaban J connectivity index is 1.94. The molecule has 0 saturated heterocycles. The molecule has 0 heterocycles. The lowest BCUT2D eigenvalue weighted by molar-refractivity contribution is -0.201. The molecule has 0 bridgehead atoms. The monoisotopic (exact) mass is 302 g/mol. The smallest absolute Gasteiger partial charge is 0.391 e. The van der Waals surface area contributed by atoms with Crippen molar-refractivity contribution in [2.24, 2.45) is 5.92 Å². The molecule has 1 aromatic carbocycles. The first-order valence-corrected chi connectivity index (χ1v) is 7.24. The molecule has 0 aromatic heterocycles. The van der Waals surface area contributed by atoms with E-state index in [1.165, 1.54) is 0 Å². The number of aliphatic hydroxyl groups is 1. The molecular formula is C16H21F3O2. The Morgan fingerprint density at radius 2 is 1.95 bits per heavy atom. The van der Waals surface area contributed by atoms with E-state index in [2.05, 4.69) is 0 Å². The molecule has 5 heteroatoms. The Morgan fingerprint density at radius 3 is 2.52 bits per heavy atom. The van der Waals surface area contributed by atoms with Crippen LogP contribution in [-0.2, 0) is 6.42 Å². The first-order chi connectivity index (χ1) is 9.82. The predicted octanol–water partition coefficient (Wildman–Crippen LogP) is 4.11. The number of halogens is 3. The average molecular weight is 302 g/mol. The molecule has 2 atom stereocenters. The zero-order valence-electron chi connectivity index (χ0n) is 12.1. The third kappa shape index (κ3) is 4.37. The molecule has 118 valence electrons. The summed E-state index contributed by atoms with van der Waals surface area (Å²) in [5.74, 6) is -0.626. The Bertz CT molecular complexity index is 456. The molecule has 1 aromatic rings. The molecule has 1 fully saturated rings. The van der Waals surface area contributed by atoms with Gasteiger partial charge in [-0.15, -0.1) is 0 Å². The van der Waals surface area contributed by atoms with Crippen LogP contribution in [0, 0.1) is 5.92 Å². The fourth-order valence-corrected chi connectivity index (χ4v) is 3.02. The van der Waals surface area contributed by atoms with Crippen molar-refractivity contribution in [3.8, 4) is 5.75 Å². The quantitative estimate of drug-likeness (QED) is 0.907. The van der Waals surface area contributed by atoms with Gasteiger partial charge in [0.2, 0.25) is 0 Å². The first-order valence-electron chi connectivity index (χ1n) is 7.24. The molecule has 0 aliphatic heterocycles. The van der Waals surface area contributed by atoms with Gasteiger partial charge in [0.15, 0.2) is 0 Å². The van der Waals surface area contributed by atoms with Gasteiger partial charge in [-0.05, 0) is 56.2 Å². The van der Waals surface area contributed by atoms with Gasteiger partial charge in [0.05, 0.1) is 18.6 Å². The zero-order valence-corrected chi connectivity index (χ0v) is 12.1. The molecule has 1 aliphatic rings. The minimum atomic E-state index is -4.20. The van der Waals surface area contributed by atoms with Crippen LogP contribution in [0.4, 0.5) is 13.2 Å². The molecular weight excluding hydrogens is 281 g/mol. The van der Waals surface area contributed by atoms with Crippen molar-refractivity contribution in [2.75, 3.05) is 7.11 Å². The maximum atomic E-state index is 12.8. The number of hydrogen-bond donors (Lipinski definition) is 1. The fourth-order valence-electron chi connectivity index (χ4n) is 3.02. The molecule has 0 spiro atoms. The van der Waals surface area contributed by atoms with E-state index in [0.29, 0.717) is 25.7 Å². The van der Waals surface area contributed by atoms with Crippen LogP contribution in [-0.4, -0.2) is 24.0 Å². The molecule has 0 amide bonds. The van der Waals surface area contributed by atoms with Gasteiger partial charge in [0, 0.05) is 0 Å². The van der Waals surface area contributed by atoms with Crippen molar-refractivity contribution in [3.63, 3.8) is 0 Å². The normalized spacial score (nSPS) is 26.6. The van der Waals surface area contributed by atoms with Gasteiger partial charge in [-0.2, -0.15) is 13.2 Å². The van der Waals surface area contributed by atoms with Crippen molar-refractivity contribution in [1.29, 1.82) is 0 Å². The summed E-state index contributed by atoms with van der Waals surface area (Å²) in [6, 6.07) is 7.40. The molecule has 21 heavy (non-hydrogen) atoms. The van der Waals surface area contributed by atoms with Gasteiger partial charge in [0.25, 0.3) is 0 Å². The van der Waals surface area contributed by atoms with E-state index in [4.69, 9.17) is 4.74 Å². The summed E-state index contributed by atoms with van der Waals surface area (Å²) in [5, 5.41) is 10.4. The number of hydrogen-bond acceptors (Lipinski definition) is 2. The Kier molecular flexibility index (Phi) is 4.81. The highest BCUT2D eigenvalue weighted by molar-refractivity contribution is 5.27. The van der Waals surface area contributed by atoms with Gasteiger partial charge in [-0.1, -0.05) is 12.1 Å². The molecule has 2 nitrogen and oxygen atoms in total. The van der Waals surface area contributed by atoms with E-state index in [1.807, 2.05) is 24.3 Å². The minimum Gasteiger partial charge on any atom is -0.497 e. The van der Waals surface area contributed by atoms with Crippen LogP contribution in [0.25, 0.3) is 0 Å². The number of benzene rings is 1. The number of aryl methyl sites for hydroxylation is 1. The number of methoxy groups -OCH3 is 1. The van der Waals surface area contributed by atoms with Gasteiger partial charge in [0.1, 0.15) is 5.75 Å². The largest absolute Gasteiger partial charge is 0.497 e. The zero-order chi connectivity index (χ0) is 15.5. The predicted molar refractivity (Wildman–Crippen MR) is 74.3 cm³/mol. The summed E-state index contributed by atoms with van der Waals surface area (Å²) in [7, 11) is 1.58. The highest BCUT2D eigenvalue weighted by atomic mass is 19.4. The summed E-state index contributed by atoms with van der Waals surface area (Å²) in [6.07, 6.45) is -2.41. The van der Waals surface area contributed by atoms with Gasteiger partial charge in [-0.25, -0.2) is 0 Å². The highest BCUT2D eigenvalue weighted by Crippen LogP contribution is 2.43. The SMILES string of the molecule is COc1ccc(CCC2(O)CCCC(C(F)(F)F)C2)cc1. The van der Waals surface area contributed by atoms with E-state index in [-0.39, 0.29) is 12.8 Å². The number of alkyl halides is 3. The molecule has 1 saturated carbocycles. The van der Waals surface area contributed by atoms with Crippen molar-refractivity contribution in [3.05, 3.63) is 29.8 Å².